The maximum absolute atomic E-state index is 14.0. The quantitative estimate of drug-likeness (QED) is 0.640. The number of carbonyl (C=O) groups excluding carboxylic acids is 1. The molecule has 3 aliphatic rings. The van der Waals surface area contributed by atoms with Crippen LogP contribution in [0.3, 0.4) is 0 Å². The number of allylic oxidation sites excluding steroid dienone is 1. The zero-order valence-corrected chi connectivity index (χ0v) is 18.5. The highest BCUT2D eigenvalue weighted by Crippen LogP contribution is 2.57. The van der Waals surface area contributed by atoms with Gasteiger partial charge in [-0.25, -0.2) is 0 Å². The van der Waals surface area contributed by atoms with E-state index in [1.807, 2.05) is 36.4 Å². The molecule has 2 heterocycles. The molecule has 1 aliphatic carbocycles. The van der Waals surface area contributed by atoms with Gasteiger partial charge < -0.3 is 14.2 Å². The Morgan fingerprint density at radius 3 is 2.45 bits per heavy atom. The van der Waals surface area contributed by atoms with E-state index in [1.54, 1.807) is 7.11 Å². The van der Waals surface area contributed by atoms with Crippen molar-refractivity contribution in [3.63, 3.8) is 0 Å². The van der Waals surface area contributed by atoms with Gasteiger partial charge in [0, 0.05) is 7.11 Å². The molecule has 0 radical (unpaired) electrons. The lowest BCUT2D eigenvalue weighted by Crippen LogP contribution is -2.42. The number of fused-ring (bicyclic) bond motifs is 5. The molecule has 0 spiro atoms. The predicted octanol–water partition coefficient (Wildman–Crippen LogP) is 4.71. The molecule has 1 saturated heterocycles. The second kappa shape index (κ2) is 7.47. The number of ketones is 1. The largest absolute Gasteiger partial charge is 0.492 e. The summed E-state index contributed by atoms with van der Waals surface area (Å²) in [5.41, 5.74) is 5.48. The van der Waals surface area contributed by atoms with Crippen molar-refractivity contribution >= 4 is 11.4 Å². The summed E-state index contributed by atoms with van der Waals surface area (Å²) in [6.45, 7) is 7.02. The lowest BCUT2D eigenvalue weighted by Gasteiger charge is -2.28. The molecule has 0 amide bonds. The minimum Gasteiger partial charge on any atom is -0.492 e. The minimum atomic E-state index is -0.712. The van der Waals surface area contributed by atoms with Crippen molar-refractivity contribution in [2.45, 2.75) is 39.1 Å². The third-order valence-corrected chi connectivity index (χ3v) is 6.78. The molecule has 1 fully saturated rings. The van der Waals surface area contributed by atoms with E-state index < -0.39 is 5.60 Å². The summed E-state index contributed by atoms with van der Waals surface area (Å²) < 4.78 is 18.3. The first kappa shape index (κ1) is 20.2. The number of methoxy groups -OCH3 is 1. The van der Waals surface area contributed by atoms with E-state index in [-0.39, 0.29) is 23.7 Å². The number of benzene rings is 2. The summed E-state index contributed by atoms with van der Waals surface area (Å²) in [6.07, 6.45) is 3.92. The molecule has 2 aliphatic heterocycles. The van der Waals surface area contributed by atoms with Crippen LogP contribution in [0.1, 0.15) is 27.8 Å². The number of aryl methyl sites for hydroxylation is 3. The highest BCUT2D eigenvalue weighted by atomic mass is 16.6. The SMILES string of the molecule is COC[C@@]12C=C[C@@H](O1)[C@H]1C(OCc3ccccc3)=C(c3c(C)cc(C)cc3C)C(=O)[C@H]12. The second-order valence-electron chi connectivity index (χ2n) is 8.98. The van der Waals surface area contributed by atoms with Gasteiger partial charge in [0.05, 0.1) is 30.1 Å². The van der Waals surface area contributed by atoms with Gasteiger partial charge in [0.1, 0.15) is 18.0 Å². The summed E-state index contributed by atoms with van der Waals surface area (Å²) in [5.74, 6) is 0.433. The van der Waals surface area contributed by atoms with Gasteiger partial charge in [0.15, 0.2) is 5.78 Å². The molecule has 2 aromatic carbocycles. The standard InChI is InChI=1S/C27H28O4/c1-16-12-17(2)21(18(3)13-16)23-25(28)24-22(20-10-11-27(24,31-20)15-29-4)26(23)30-14-19-8-6-5-7-9-19/h5-13,20,22,24H,14-15H2,1-4H3/t20-,22-,24+,27-/m1/s1. The van der Waals surface area contributed by atoms with Crippen molar-refractivity contribution in [1.29, 1.82) is 0 Å². The monoisotopic (exact) mass is 416 g/mol. The third kappa shape index (κ3) is 3.08. The third-order valence-electron chi connectivity index (χ3n) is 6.78. The Labute approximate surface area is 183 Å². The molecule has 0 unspecified atom stereocenters. The van der Waals surface area contributed by atoms with Crippen molar-refractivity contribution in [1.82, 2.24) is 0 Å². The Morgan fingerprint density at radius 2 is 1.77 bits per heavy atom. The second-order valence-corrected chi connectivity index (χ2v) is 8.98. The molecule has 0 N–H and O–H groups in total. The molecule has 2 bridgehead atoms. The number of hydrogen-bond acceptors (Lipinski definition) is 4. The molecule has 0 aromatic heterocycles. The van der Waals surface area contributed by atoms with Gasteiger partial charge in [-0.2, -0.15) is 0 Å². The Balaban J connectivity index is 1.63. The highest BCUT2D eigenvalue weighted by molar-refractivity contribution is 6.26. The van der Waals surface area contributed by atoms with E-state index >= 15 is 0 Å². The van der Waals surface area contributed by atoms with Crippen LogP contribution in [-0.4, -0.2) is 31.2 Å². The van der Waals surface area contributed by atoms with Crippen LogP contribution in [0, 0.1) is 32.6 Å². The Bertz CT molecular complexity index is 1070. The van der Waals surface area contributed by atoms with Crippen LogP contribution >= 0.6 is 0 Å². The fourth-order valence-corrected chi connectivity index (χ4v) is 5.70. The summed E-state index contributed by atoms with van der Waals surface area (Å²) in [6, 6.07) is 14.4. The van der Waals surface area contributed by atoms with Gasteiger partial charge in [0.2, 0.25) is 0 Å². The van der Waals surface area contributed by atoms with Crippen molar-refractivity contribution in [2.24, 2.45) is 11.8 Å². The summed E-state index contributed by atoms with van der Waals surface area (Å²) in [7, 11) is 1.65. The maximum Gasteiger partial charge on any atom is 0.174 e. The summed E-state index contributed by atoms with van der Waals surface area (Å²) in [5, 5.41) is 0. The molecule has 4 heteroatoms. The van der Waals surface area contributed by atoms with Crippen LogP contribution in [0.15, 0.2) is 60.4 Å². The molecule has 4 nitrogen and oxygen atoms in total. The van der Waals surface area contributed by atoms with Crippen LogP contribution in [0.2, 0.25) is 0 Å². The minimum absolute atomic E-state index is 0.104. The zero-order valence-electron chi connectivity index (χ0n) is 18.5. The van der Waals surface area contributed by atoms with E-state index in [2.05, 4.69) is 39.0 Å². The van der Waals surface area contributed by atoms with Gasteiger partial charge in [-0.15, -0.1) is 0 Å². The summed E-state index contributed by atoms with van der Waals surface area (Å²) in [4.78, 5) is 14.0. The Kier molecular flexibility index (Phi) is 4.87. The van der Waals surface area contributed by atoms with Gasteiger partial charge in [-0.3, -0.25) is 4.79 Å². The molecular weight excluding hydrogens is 388 g/mol. The lowest BCUT2D eigenvalue weighted by molar-refractivity contribution is -0.123. The van der Waals surface area contributed by atoms with Crippen LogP contribution in [0.5, 0.6) is 0 Å². The zero-order chi connectivity index (χ0) is 21.8. The average molecular weight is 417 g/mol. The molecule has 0 saturated carbocycles. The van der Waals surface area contributed by atoms with Crippen molar-refractivity contribution < 1.29 is 19.0 Å². The molecule has 2 aromatic rings. The smallest absolute Gasteiger partial charge is 0.174 e. The number of Topliss-reactive ketones (excluding diaryl/α,β-unsaturated/α-hetero) is 1. The molecule has 5 rings (SSSR count). The number of ether oxygens (including phenoxy) is 3. The topological polar surface area (TPSA) is 44.8 Å². The maximum atomic E-state index is 14.0. The van der Waals surface area contributed by atoms with Gasteiger partial charge in [0.25, 0.3) is 0 Å². The van der Waals surface area contributed by atoms with E-state index in [4.69, 9.17) is 14.2 Å². The molecular formula is C27H28O4. The van der Waals surface area contributed by atoms with Crippen LogP contribution in [-0.2, 0) is 25.6 Å². The highest BCUT2D eigenvalue weighted by Gasteiger charge is 2.65. The fourth-order valence-electron chi connectivity index (χ4n) is 5.70. The van der Waals surface area contributed by atoms with E-state index in [0.29, 0.717) is 13.2 Å². The van der Waals surface area contributed by atoms with E-state index in [0.717, 1.165) is 33.6 Å². The Morgan fingerprint density at radius 1 is 1.06 bits per heavy atom. The van der Waals surface area contributed by atoms with Crippen molar-refractivity contribution in [3.8, 4) is 0 Å². The predicted molar refractivity (Wildman–Crippen MR) is 119 cm³/mol. The van der Waals surface area contributed by atoms with E-state index in [9.17, 15) is 4.79 Å². The number of carbonyl (C=O) groups is 1. The number of hydrogen-bond donors (Lipinski definition) is 0. The van der Waals surface area contributed by atoms with Crippen molar-refractivity contribution in [3.05, 3.63) is 88.2 Å². The van der Waals surface area contributed by atoms with Gasteiger partial charge in [-0.1, -0.05) is 60.2 Å². The van der Waals surface area contributed by atoms with Crippen LogP contribution in [0.25, 0.3) is 5.57 Å². The van der Waals surface area contributed by atoms with Gasteiger partial charge >= 0.3 is 0 Å². The van der Waals surface area contributed by atoms with Crippen LogP contribution < -0.4 is 0 Å². The summed E-state index contributed by atoms with van der Waals surface area (Å²) >= 11 is 0. The normalized spacial score (nSPS) is 28.5. The molecule has 4 atom stereocenters. The van der Waals surface area contributed by atoms with Crippen LogP contribution in [0.4, 0.5) is 0 Å². The molecule has 160 valence electrons. The van der Waals surface area contributed by atoms with Gasteiger partial charge in [-0.05, 0) is 43.0 Å². The first-order chi connectivity index (χ1) is 14.9. The number of rotatable bonds is 6. The first-order valence-electron chi connectivity index (χ1n) is 10.8. The Hall–Kier alpha value is -2.69. The fraction of sp³-hybridized carbons (Fsp3) is 0.370. The lowest BCUT2D eigenvalue weighted by atomic mass is 9.76. The first-order valence-corrected chi connectivity index (χ1v) is 10.8. The average Bonchev–Trinajstić information content (AvgIpc) is 3.37. The molecule has 31 heavy (non-hydrogen) atoms. The van der Waals surface area contributed by atoms with Crippen molar-refractivity contribution in [2.75, 3.05) is 13.7 Å². The van der Waals surface area contributed by atoms with E-state index in [1.165, 1.54) is 5.56 Å².